The maximum atomic E-state index is 13.3. The molecule has 0 spiro atoms. The lowest BCUT2D eigenvalue weighted by Gasteiger charge is -2.11. The van der Waals surface area contributed by atoms with Crippen molar-refractivity contribution in [3.63, 3.8) is 0 Å². The number of nitrogens with two attached hydrogens (primary N) is 1. The number of benzene rings is 1. The van der Waals surface area contributed by atoms with E-state index in [1.54, 1.807) is 13.0 Å². The van der Waals surface area contributed by atoms with Crippen molar-refractivity contribution in [3.05, 3.63) is 35.6 Å². The average molecular weight is 287 g/mol. The van der Waals surface area contributed by atoms with Crippen LogP contribution >= 0.6 is 0 Å². The molecule has 106 valence electrons. The summed E-state index contributed by atoms with van der Waals surface area (Å²) >= 11 is 0. The van der Waals surface area contributed by atoms with Crippen molar-refractivity contribution in [1.82, 2.24) is 0 Å². The third kappa shape index (κ3) is 2.17. The van der Waals surface area contributed by atoms with Crippen LogP contribution in [0, 0.1) is 11.2 Å². The highest BCUT2D eigenvalue weighted by molar-refractivity contribution is 7.92. The Morgan fingerprint density at radius 1 is 1.47 bits per heavy atom. The van der Waals surface area contributed by atoms with E-state index < -0.39 is 32.2 Å². The average Bonchev–Trinajstić information content (AvgIpc) is 3.09. The molecule has 1 fully saturated rings. The van der Waals surface area contributed by atoms with Crippen LogP contribution in [0.2, 0.25) is 0 Å². The minimum atomic E-state index is -3.33. The highest BCUT2D eigenvalue weighted by atomic mass is 32.2. The Balaban J connectivity index is 2.45. The predicted octanol–water partition coefficient (Wildman–Crippen LogP) is 0.664. The second kappa shape index (κ2) is 4.85. The van der Waals surface area contributed by atoms with Gasteiger partial charge in [0.05, 0.1) is 11.9 Å². The molecule has 1 aliphatic rings. The topological polar surface area (TPSA) is 80.4 Å². The summed E-state index contributed by atoms with van der Waals surface area (Å²) in [5.74, 6) is -0.852. The van der Waals surface area contributed by atoms with Crippen LogP contribution in [-0.4, -0.2) is 37.7 Å². The summed E-state index contributed by atoms with van der Waals surface area (Å²) in [4.78, 5) is 0. The third-order valence-corrected chi connectivity index (χ3v) is 6.37. The molecule has 6 heteroatoms. The third-order valence-electron chi connectivity index (χ3n) is 4.05. The first-order valence-corrected chi connectivity index (χ1v) is 7.92. The molecule has 3 atom stereocenters. The number of hydrogen-bond acceptors (Lipinski definition) is 4. The fraction of sp³-hybridized carbons (Fsp3) is 0.538. The molecule has 0 heterocycles. The van der Waals surface area contributed by atoms with Crippen molar-refractivity contribution in [1.29, 1.82) is 0 Å². The quantitative estimate of drug-likeness (QED) is 0.834. The SMILES string of the molecule is CCS(=O)(=O)C1C(c2cccc(F)c2)C1(CN)CO. The van der Waals surface area contributed by atoms with Gasteiger partial charge in [-0.2, -0.15) is 0 Å². The van der Waals surface area contributed by atoms with Gasteiger partial charge in [0.25, 0.3) is 0 Å². The molecule has 1 aromatic rings. The summed E-state index contributed by atoms with van der Waals surface area (Å²) in [5, 5.41) is 8.83. The van der Waals surface area contributed by atoms with E-state index in [0.717, 1.165) is 0 Å². The number of sulfone groups is 1. The molecule has 0 amide bonds. The van der Waals surface area contributed by atoms with Gasteiger partial charge < -0.3 is 10.8 Å². The molecule has 1 aromatic carbocycles. The van der Waals surface area contributed by atoms with E-state index in [2.05, 4.69) is 0 Å². The van der Waals surface area contributed by atoms with E-state index in [1.807, 2.05) is 0 Å². The van der Waals surface area contributed by atoms with Crippen molar-refractivity contribution in [2.24, 2.45) is 11.1 Å². The van der Waals surface area contributed by atoms with E-state index in [4.69, 9.17) is 5.73 Å². The van der Waals surface area contributed by atoms with Crippen LogP contribution in [0.3, 0.4) is 0 Å². The second-order valence-corrected chi connectivity index (χ2v) is 7.41. The molecule has 3 unspecified atom stereocenters. The van der Waals surface area contributed by atoms with Crippen molar-refractivity contribution in [2.45, 2.75) is 18.1 Å². The zero-order chi connectivity index (χ0) is 14.3. The minimum absolute atomic E-state index is 0.00870. The molecule has 0 aromatic heterocycles. The monoisotopic (exact) mass is 287 g/mol. The van der Waals surface area contributed by atoms with E-state index in [-0.39, 0.29) is 18.9 Å². The first-order chi connectivity index (χ1) is 8.93. The zero-order valence-electron chi connectivity index (χ0n) is 10.7. The summed E-state index contributed by atoms with van der Waals surface area (Å²) < 4.78 is 37.5. The standard InChI is InChI=1S/C13H18FNO3S/c1-2-19(17,18)12-11(13(12,7-15)8-16)9-4-3-5-10(14)6-9/h3-6,11-12,16H,2,7-8,15H2,1H3. The van der Waals surface area contributed by atoms with Gasteiger partial charge in [-0.3, -0.25) is 0 Å². The molecule has 3 N–H and O–H groups in total. The summed E-state index contributed by atoms with van der Waals surface area (Å²) in [6.45, 7) is 1.32. The van der Waals surface area contributed by atoms with Gasteiger partial charge in [-0.1, -0.05) is 19.1 Å². The molecule has 19 heavy (non-hydrogen) atoms. The van der Waals surface area contributed by atoms with Gasteiger partial charge in [0.2, 0.25) is 0 Å². The van der Waals surface area contributed by atoms with Crippen molar-refractivity contribution in [3.8, 4) is 0 Å². The Morgan fingerprint density at radius 2 is 2.16 bits per heavy atom. The number of rotatable bonds is 5. The predicted molar refractivity (Wildman–Crippen MR) is 71.0 cm³/mol. The molecule has 2 rings (SSSR count). The first kappa shape index (κ1) is 14.4. The van der Waals surface area contributed by atoms with Crippen LogP contribution in [0.1, 0.15) is 18.4 Å². The number of hydrogen-bond donors (Lipinski definition) is 2. The number of halogens is 1. The van der Waals surface area contributed by atoms with Gasteiger partial charge in [0.1, 0.15) is 5.82 Å². The molecular weight excluding hydrogens is 269 g/mol. The molecule has 1 saturated carbocycles. The van der Waals surface area contributed by atoms with Gasteiger partial charge in [0, 0.05) is 23.6 Å². The van der Waals surface area contributed by atoms with Gasteiger partial charge in [-0.15, -0.1) is 0 Å². The highest BCUT2D eigenvalue weighted by Crippen LogP contribution is 2.62. The molecule has 0 saturated heterocycles. The van der Waals surface area contributed by atoms with Gasteiger partial charge >= 0.3 is 0 Å². The van der Waals surface area contributed by atoms with Crippen LogP contribution in [0.5, 0.6) is 0 Å². The molecule has 0 bridgehead atoms. The van der Waals surface area contributed by atoms with Gasteiger partial charge in [-0.25, -0.2) is 12.8 Å². The first-order valence-electron chi connectivity index (χ1n) is 6.21. The Hall–Kier alpha value is -0.980. The minimum Gasteiger partial charge on any atom is -0.396 e. The lowest BCUT2D eigenvalue weighted by Crippen LogP contribution is -2.28. The Bertz CT molecular complexity index is 569. The molecule has 1 aliphatic carbocycles. The van der Waals surface area contributed by atoms with Crippen molar-refractivity contribution < 1.29 is 17.9 Å². The van der Waals surface area contributed by atoms with Crippen LogP contribution in [0.15, 0.2) is 24.3 Å². The molecule has 0 radical (unpaired) electrons. The Morgan fingerprint density at radius 3 is 2.63 bits per heavy atom. The van der Waals surface area contributed by atoms with Crippen molar-refractivity contribution >= 4 is 9.84 Å². The smallest absolute Gasteiger partial charge is 0.154 e. The Labute approximate surface area is 112 Å². The lowest BCUT2D eigenvalue weighted by atomic mass is 10.00. The second-order valence-electron chi connectivity index (χ2n) is 5.00. The number of aliphatic hydroxyl groups is 1. The van der Waals surface area contributed by atoms with Crippen LogP contribution in [0.4, 0.5) is 4.39 Å². The van der Waals surface area contributed by atoms with E-state index >= 15 is 0 Å². The van der Waals surface area contributed by atoms with E-state index in [0.29, 0.717) is 5.56 Å². The largest absolute Gasteiger partial charge is 0.396 e. The maximum Gasteiger partial charge on any atom is 0.154 e. The van der Waals surface area contributed by atoms with Crippen LogP contribution in [-0.2, 0) is 9.84 Å². The zero-order valence-corrected chi connectivity index (χ0v) is 11.5. The fourth-order valence-corrected chi connectivity index (χ4v) is 5.06. The van der Waals surface area contributed by atoms with E-state index in [9.17, 15) is 17.9 Å². The van der Waals surface area contributed by atoms with Gasteiger partial charge in [-0.05, 0) is 17.7 Å². The number of aliphatic hydroxyl groups excluding tert-OH is 1. The van der Waals surface area contributed by atoms with Gasteiger partial charge in [0.15, 0.2) is 9.84 Å². The summed E-state index contributed by atoms with van der Waals surface area (Å²) in [7, 11) is -3.33. The molecule has 4 nitrogen and oxygen atoms in total. The summed E-state index contributed by atoms with van der Waals surface area (Å²) in [5.41, 5.74) is 5.38. The summed E-state index contributed by atoms with van der Waals surface area (Å²) in [6.07, 6.45) is 0. The normalized spacial score (nSPS) is 30.3. The molecular formula is C13H18FNO3S. The highest BCUT2D eigenvalue weighted by Gasteiger charge is 2.69. The molecule has 0 aliphatic heterocycles. The van der Waals surface area contributed by atoms with Crippen LogP contribution < -0.4 is 5.73 Å². The van der Waals surface area contributed by atoms with E-state index in [1.165, 1.54) is 18.2 Å². The summed E-state index contributed by atoms with van der Waals surface area (Å²) in [6, 6.07) is 5.84. The Kier molecular flexibility index (Phi) is 3.68. The maximum absolute atomic E-state index is 13.3. The fourth-order valence-electron chi connectivity index (χ4n) is 2.90. The van der Waals surface area contributed by atoms with Crippen molar-refractivity contribution in [2.75, 3.05) is 18.9 Å². The lowest BCUT2D eigenvalue weighted by molar-refractivity contribution is 0.212. The van der Waals surface area contributed by atoms with Crippen LogP contribution in [0.25, 0.3) is 0 Å².